The van der Waals surface area contributed by atoms with Gasteiger partial charge in [0.25, 0.3) is 5.56 Å². The van der Waals surface area contributed by atoms with E-state index in [4.69, 9.17) is 9.47 Å². The van der Waals surface area contributed by atoms with Crippen LogP contribution in [0.3, 0.4) is 0 Å². The summed E-state index contributed by atoms with van der Waals surface area (Å²) in [5.74, 6) is -0.744. The van der Waals surface area contributed by atoms with Crippen molar-refractivity contribution < 1.29 is 32.2 Å². The molecule has 0 bridgehead atoms. The summed E-state index contributed by atoms with van der Waals surface area (Å²) in [5.41, 5.74) is -0.411. The molecule has 0 fully saturated rings. The van der Waals surface area contributed by atoms with Gasteiger partial charge in [-0.2, -0.15) is 13.2 Å². The molecule has 3 aromatic carbocycles. The van der Waals surface area contributed by atoms with Crippen LogP contribution in [-0.4, -0.2) is 23.1 Å². The van der Waals surface area contributed by atoms with Crippen LogP contribution in [0.15, 0.2) is 83.7 Å². The number of nitrogens with zero attached hydrogens (tertiary/aromatic N) is 1. The fourth-order valence-electron chi connectivity index (χ4n) is 3.82. The smallest absolute Gasteiger partial charge is 0.416 e. The van der Waals surface area contributed by atoms with Gasteiger partial charge in [-0.1, -0.05) is 48.5 Å². The molecule has 7 nitrogen and oxygen atoms in total. The van der Waals surface area contributed by atoms with Crippen LogP contribution in [0, 0.1) is 0 Å². The van der Waals surface area contributed by atoms with E-state index in [0.717, 1.165) is 39.7 Å². The van der Waals surface area contributed by atoms with Crippen molar-refractivity contribution in [3.05, 3.63) is 115 Å². The highest BCUT2D eigenvalue weighted by molar-refractivity contribution is 7.07. The van der Waals surface area contributed by atoms with Gasteiger partial charge in [0, 0.05) is 5.69 Å². The minimum absolute atomic E-state index is 0.0593. The van der Waals surface area contributed by atoms with E-state index in [-0.39, 0.29) is 21.4 Å². The first kappa shape index (κ1) is 29.3. The number of carbonyl (C=O) groups is 2. The third-order valence-electron chi connectivity index (χ3n) is 5.71. The van der Waals surface area contributed by atoms with Crippen molar-refractivity contribution in [2.75, 3.05) is 11.9 Å². The van der Waals surface area contributed by atoms with Crippen LogP contribution < -0.4 is 24.8 Å². The van der Waals surface area contributed by atoms with Crippen molar-refractivity contribution >= 4 is 41.1 Å². The number of esters is 1. The Hall–Kier alpha value is -4.64. The summed E-state index contributed by atoms with van der Waals surface area (Å²) in [6.45, 7) is 1.57. The second-order valence-corrected chi connectivity index (χ2v) is 9.73. The molecule has 1 aromatic heterocycles. The van der Waals surface area contributed by atoms with Crippen LogP contribution in [-0.2, 0) is 33.7 Å². The predicted molar refractivity (Wildman–Crippen MR) is 150 cm³/mol. The first-order valence-corrected chi connectivity index (χ1v) is 13.3. The van der Waals surface area contributed by atoms with Crippen LogP contribution in [0.5, 0.6) is 5.75 Å². The monoisotopic (exact) mass is 582 g/mol. The molecule has 0 spiro atoms. The molecule has 0 aliphatic rings. The Bertz CT molecular complexity index is 1700. The van der Waals surface area contributed by atoms with Gasteiger partial charge in [0.2, 0.25) is 5.91 Å². The number of hydrogen-bond donors (Lipinski definition) is 1. The first-order chi connectivity index (χ1) is 19.6. The van der Waals surface area contributed by atoms with Gasteiger partial charge < -0.3 is 14.8 Å². The highest BCUT2D eigenvalue weighted by atomic mass is 32.1. The molecule has 0 saturated carbocycles. The molecule has 0 radical (unpaired) electrons. The molecule has 0 unspecified atom stereocenters. The Balaban J connectivity index is 1.57. The van der Waals surface area contributed by atoms with Crippen molar-refractivity contribution in [3.63, 3.8) is 0 Å². The van der Waals surface area contributed by atoms with Crippen molar-refractivity contribution in [2.45, 2.75) is 26.3 Å². The van der Waals surface area contributed by atoms with Crippen molar-refractivity contribution in [3.8, 4) is 5.75 Å². The summed E-state index contributed by atoms with van der Waals surface area (Å²) in [7, 11) is 0. The number of thiazole rings is 1. The van der Waals surface area contributed by atoms with Gasteiger partial charge in [0.15, 0.2) is 0 Å². The van der Waals surface area contributed by atoms with Crippen molar-refractivity contribution in [1.29, 1.82) is 0 Å². The van der Waals surface area contributed by atoms with Gasteiger partial charge in [-0.15, -0.1) is 11.3 Å². The van der Waals surface area contributed by atoms with E-state index in [0.29, 0.717) is 18.0 Å². The molecule has 4 aromatic rings. The topological polar surface area (TPSA) is 86.6 Å². The molecule has 1 N–H and O–H groups in total. The van der Waals surface area contributed by atoms with Crippen LogP contribution in [0.25, 0.3) is 12.2 Å². The average Bonchev–Trinajstić information content (AvgIpc) is 3.21. The molecule has 0 saturated heterocycles. The van der Waals surface area contributed by atoms with E-state index in [1.165, 1.54) is 18.2 Å². The molecule has 41 heavy (non-hydrogen) atoms. The largest absolute Gasteiger partial charge is 0.489 e. The van der Waals surface area contributed by atoms with E-state index < -0.39 is 35.7 Å². The third kappa shape index (κ3) is 7.95. The molecular formula is C30H25F3N2O5S. The van der Waals surface area contributed by atoms with E-state index in [2.05, 4.69) is 5.32 Å². The Morgan fingerprint density at radius 2 is 1.66 bits per heavy atom. The Morgan fingerprint density at radius 3 is 2.34 bits per heavy atom. The summed E-state index contributed by atoms with van der Waals surface area (Å²) in [6.07, 6.45) is -2.50. The number of ether oxygens (including phenoxy) is 2. The highest BCUT2D eigenvalue weighted by Crippen LogP contribution is 2.32. The fourth-order valence-corrected chi connectivity index (χ4v) is 4.84. The molecule has 4 rings (SSSR count). The Kier molecular flexibility index (Phi) is 9.41. The molecule has 1 heterocycles. The Labute approximate surface area is 236 Å². The number of amides is 1. The molecule has 0 atom stereocenters. The minimum atomic E-state index is -4.63. The van der Waals surface area contributed by atoms with Crippen LogP contribution >= 0.6 is 11.3 Å². The Morgan fingerprint density at radius 1 is 0.976 bits per heavy atom. The van der Waals surface area contributed by atoms with Gasteiger partial charge in [0.1, 0.15) is 23.6 Å². The number of benzene rings is 3. The predicted octanol–water partition coefficient (Wildman–Crippen LogP) is 4.32. The summed E-state index contributed by atoms with van der Waals surface area (Å²) >= 11 is 0.783. The zero-order valence-electron chi connectivity index (χ0n) is 21.8. The van der Waals surface area contributed by atoms with E-state index >= 15 is 0 Å². The molecule has 1 amide bonds. The lowest BCUT2D eigenvalue weighted by Gasteiger charge is -2.09. The zero-order valence-corrected chi connectivity index (χ0v) is 22.6. The van der Waals surface area contributed by atoms with Crippen molar-refractivity contribution in [1.82, 2.24) is 4.57 Å². The summed E-state index contributed by atoms with van der Waals surface area (Å²) < 4.78 is 52.1. The summed E-state index contributed by atoms with van der Waals surface area (Å²) in [5, 5.41) is 2.67. The number of carbonyl (C=O) groups excluding carboxylic acids is 2. The maximum absolute atomic E-state index is 13.5. The molecule has 212 valence electrons. The van der Waals surface area contributed by atoms with Crippen LogP contribution in [0.4, 0.5) is 18.9 Å². The molecule has 11 heteroatoms. The lowest BCUT2D eigenvalue weighted by Crippen LogP contribution is -2.36. The number of anilines is 1. The average molecular weight is 583 g/mol. The summed E-state index contributed by atoms with van der Waals surface area (Å²) in [6, 6.07) is 21.1. The van der Waals surface area contributed by atoms with Gasteiger partial charge in [-0.05, 0) is 54.5 Å². The number of halogens is 3. The second kappa shape index (κ2) is 13.1. The number of alkyl halides is 3. The standard InChI is InChI=1S/C30H25F3N2O5S/c1-2-39-28(37)17-27-35(29(38)25(41-27)16-21-10-6-7-11-24(21)30(31,32)33)18-26(36)34-22-12-14-23(15-13-22)40-19-20-8-4-3-5-9-20/h3-17H,2,18-19H2,1H3,(H,34,36)/b25-16+,27-17-. The zero-order chi connectivity index (χ0) is 29.4. The van der Waals surface area contributed by atoms with Gasteiger partial charge >= 0.3 is 12.1 Å². The molecule has 0 aliphatic heterocycles. The van der Waals surface area contributed by atoms with Crippen molar-refractivity contribution in [2.24, 2.45) is 0 Å². The molecule has 0 aliphatic carbocycles. The first-order valence-electron chi connectivity index (χ1n) is 12.5. The van der Waals surface area contributed by atoms with E-state index in [9.17, 15) is 27.6 Å². The van der Waals surface area contributed by atoms with Gasteiger partial charge in [-0.3, -0.25) is 14.2 Å². The normalized spacial score (nSPS) is 12.3. The molecular weight excluding hydrogens is 557 g/mol. The maximum Gasteiger partial charge on any atom is 0.416 e. The highest BCUT2D eigenvalue weighted by Gasteiger charge is 2.32. The number of aromatic nitrogens is 1. The van der Waals surface area contributed by atoms with Gasteiger partial charge in [-0.25, -0.2) is 4.79 Å². The SMILES string of the molecule is CCOC(=O)/C=c1\s/c(=C/c2ccccc2C(F)(F)F)c(=O)n1CC(=O)Nc1ccc(OCc2ccccc2)cc1. The van der Waals surface area contributed by atoms with Crippen LogP contribution in [0.1, 0.15) is 23.6 Å². The minimum Gasteiger partial charge on any atom is -0.489 e. The number of hydrogen-bond acceptors (Lipinski definition) is 6. The summed E-state index contributed by atoms with van der Waals surface area (Å²) in [4.78, 5) is 38.2. The van der Waals surface area contributed by atoms with E-state index in [1.54, 1.807) is 31.2 Å². The fraction of sp³-hybridized carbons (Fsp3) is 0.167. The van der Waals surface area contributed by atoms with E-state index in [1.807, 2.05) is 30.3 Å². The second-order valence-electron chi connectivity index (χ2n) is 8.67. The number of nitrogens with one attached hydrogen (secondary N) is 1. The lowest BCUT2D eigenvalue weighted by atomic mass is 10.1. The van der Waals surface area contributed by atoms with Gasteiger partial charge in [0.05, 0.1) is 22.8 Å². The maximum atomic E-state index is 13.5. The lowest BCUT2D eigenvalue weighted by molar-refractivity contribution is -0.138. The van der Waals surface area contributed by atoms with Crippen LogP contribution in [0.2, 0.25) is 0 Å². The quantitative estimate of drug-likeness (QED) is 0.297. The number of rotatable bonds is 9. The third-order valence-corrected chi connectivity index (χ3v) is 6.77.